The van der Waals surface area contributed by atoms with Gasteiger partial charge in [-0.2, -0.15) is 0 Å². The van der Waals surface area contributed by atoms with Gasteiger partial charge in [-0.15, -0.1) is 0 Å². The number of aromatic nitrogens is 2. The van der Waals surface area contributed by atoms with Gasteiger partial charge in [-0.1, -0.05) is 6.07 Å². The average Bonchev–Trinajstić information content (AvgIpc) is 2.77. The highest BCUT2D eigenvalue weighted by atomic mass is 16.5. The first-order valence-corrected chi connectivity index (χ1v) is 8.96. The van der Waals surface area contributed by atoms with Crippen LogP contribution in [-0.4, -0.2) is 43.3 Å². The summed E-state index contributed by atoms with van der Waals surface area (Å²) >= 11 is 0. The molecule has 3 aromatic rings. The SMILES string of the molecule is COC(=O)c1cccc(Nc2cc(NCCOc3ccc(OC)cc3)ncn2)c1. The molecule has 0 amide bonds. The topological polar surface area (TPSA) is 94.6 Å². The van der Waals surface area contributed by atoms with E-state index in [9.17, 15) is 4.79 Å². The predicted octanol–water partition coefficient (Wildman–Crippen LogP) is 3.51. The zero-order chi connectivity index (χ0) is 20.5. The van der Waals surface area contributed by atoms with Crippen molar-refractivity contribution in [2.75, 3.05) is 38.0 Å². The third-order valence-corrected chi connectivity index (χ3v) is 3.96. The molecule has 0 bridgehead atoms. The highest BCUT2D eigenvalue weighted by molar-refractivity contribution is 5.90. The van der Waals surface area contributed by atoms with Crippen LogP contribution < -0.4 is 20.1 Å². The maximum Gasteiger partial charge on any atom is 0.337 e. The zero-order valence-electron chi connectivity index (χ0n) is 16.2. The van der Waals surface area contributed by atoms with Crippen LogP contribution in [0.1, 0.15) is 10.4 Å². The number of nitrogens with zero attached hydrogens (tertiary/aromatic N) is 2. The summed E-state index contributed by atoms with van der Waals surface area (Å²) in [5, 5.41) is 6.34. The van der Waals surface area contributed by atoms with E-state index in [1.165, 1.54) is 13.4 Å². The van der Waals surface area contributed by atoms with Crippen molar-refractivity contribution in [1.29, 1.82) is 0 Å². The van der Waals surface area contributed by atoms with Crippen molar-refractivity contribution in [3.63, 3.8) is 0 Å². The van der Waals surface area contributed by atoms with Crippen molar-refractivity contribution in [3.05, 3.63) is 66.5 Å². The minimum atomic E-state index is -0.393. The molecule has 0 fully saturated rings. The van der Waals surface area contributed by atoms with Crippen LogP contribution in [0.5, 0.6) is 11.5 Å². The van der Waals surface area contributed by atoms with Crippen LogP contribution in [0, 0.1) is 0 Å². The summed E-state index contributed by atoms with van der Waals surface area (Å²) in [6.07, 6.45) is 1.46. The van der Waals surface area contributed by atoms with Crippen molar-refractivity contribution >= 4 is 23.3 Å². The molecular weight excluding hydrogens is 372 g/mol. The molecule has 3 rings (SSSR count). The van der Waals surface area contributed by atoms with E-state index in [2.05, 4.69) is 20.6 Å². The molecule has 0 radical (unpaired) electrons. The number of nitrogens with one attached hydrogen (secondary N) is 2. The Morgan fingerprint density at radius 1 is 0.966 bits per heavy atom. The lowest BCUT2D eigenvalue weighted by molar-refractivity contribution is 0.0601. The summed E-state index contributed by atoms with van der Waals surface area (Å²) in [4.78, 5) is 20.0. The van der Waals surface area contributed by atoms with Crippen LogP contribution in [0.4, 0.5) is 17.3 Å². The summed E-state index contributed by atoms with van der Waals surface area (Å²) in [7, 11) is 2.98. The van der Waals surface area contributed by atoms with E-state index in [0.717, 1.165) is 17.2 Å². The Hall–Kier alpha value is -3.81. The van der Waals surface area contributed by atoms with Gasteiger partial charge in [0.25, 0.3) is 0 Å². The number of rotatable bonds is 9. The lowest BCUT2D eigenvalue weighted by Gasteiger charge is -2.10. The Balaban J connectivity index is 1.52. The minimum Gasteiger partial charge on any atom is -0.497 e. The molecule has 2 N–H and O–H groups in total. The highest BCUT2D eigenvalue weighted by Gasteiger charge is 2.06. The van der Waals surface area contributed by atoms with Crippen molar-refractivity contribution in [1.82, 2.24) is 9.97 Å². The van der Waals surface area contributed by atoms with Gasteiger partial charge < -0.3 is 24.8 Å². The zero-order valence-corrected chi connectivity index (χ0v) is 16.2. The van der Waals surface area contributed by atoms with E-state index >= 15 is 0 Å². The van der Waals surface area contributed by atoms with Gasteiger partial charge in [-0.25, -0.2) is 14.8 Å². The first-order valence-electron chi connectivity index (χ1n) is 8.96. The van der Waals surface area contributed by atoms with Crippen LogP contribution in [0.25, 0.3) is 0 Å². The Morgan fingerprint density at radius 3 is 2.48 bits per heavy atom. The molecule has 1 aromatic heterocycles. The molecule has 29 heavy (non-hydrogen) atoms. The van der Waals surface area contributed by atoms with Gasteiger partial charge in [0, 0.05) is 11.8 Å². The van der Waals surface area contributed by atoms with Gasteiger partial charge in [-0.05, 0) is 42.5 Å². The summed E-state index contributed by atoms with van der Waals surface area (Å²) in [6, 6.07) is 16.2. The molecule has 0 saturated carbocycles. The lowest BCUT2D eigenvalue weighted by Crippen LogP contribution is -2.12. The van der Waals surface area contributed by atoms with Gasteiger partial charge in [0.05, 0.1) is 26.3 Å². The molecule has 0 aliphatic carbocycles. The van der Waals surface area contributed by atoms with Gasteiger partial charge in [-0.3, -0.25) is 0 Å². The number of esters is 1. The number of anilines is 3. The Bertz CT molecular complexity index is 947. The van der Waals surface area contributed by atoms with E-state index in [-0.39, 0.29) is 0 Å². The van der Waals surface area contributed by atoms with Crippen molar-refractivity contribution < 1.29 is 19.0 Å². The van der Waals surface area contributed by atoms with E-state index in [0.29, 0.717) is 30.4 Å². The quantitative estimate of drug-likeness (QED) is 0.421. The third kappa shape index (κ3) is 5.83. The summed E-state index contributed by atoms with van der Waals surface area (Å²) in [6.45, 7) is 1.04. The van der Waals surface area contributed by atoms with Gasteiger partial charge in [0.2, 0.25) is 0 Å². The number of ether oxygens (including phenoxy) is 3. The fraction of sp³-hybridized carbons (Fsp3) is 0.190. The Labute approximate surface area is 168 Å². The average molecular weight is 394 g/mol. The standard InChI is InChI=1S/C21H22N4O4/c1-27-17-6-8-18(9-7-17)29-11-10-22-19-13-20(24-14-23-19)25-16-5-3-4-15(12-16)21(26)28-2/h3-9,12-14H,10-11H2,1-2H3,(H2,22,23,24,25). The van der Waals surface area contributed by atoms with Crippen LogP contribution in [-0.2, 0) is 4.74 Å². The first-order chi connectivity index (χ1) is 14.2. The molecule has 0 saturated heterocycles. The van der Waals surface area contributed by atoms with E-state index in [1.807, 2.05) is 30.3 Å². The molecule has 0 aliphatic rings. The molecule has 0 aliphatic heterocycles. The lowest BCUT2D eigenvalue weighted by atomic mass is 10.2. The highest BCUT2D eigenvalue weighted by Crippen LogP contribution is 2.19. The minimum absolute atomic E-state index is 0.393. The number of benzene rings is 2. The molecule has 1 heterocycles. The molecular formula is C21H22N4O4. The number of carbonyl (C=O) groups is 1. The van der Waals surface area contributed by atoms with Crippen LogP contribution in [0.15, 0.2) is 60.9 Å². The number of hydrogen-bond acceptors (Lipinski definition) is 8. The smallest absolute Gasteiger partial charge is 0.337 e. The van der Waals surface area contributed by atoms with Crippen LogP contribution >= 0.6 is 0 Å². The van der Waals surface area contributed by atoms with Gasteiger partial charge in [0.15, 0.2) is 0 Å². The molecule has 8 heteroatoms. The maximum atomic E-state index is 11.6. The van der Waals surface area contributed by atoms with E-state index in [1.54, 1.807) is 31.4 Å². The second kappa shape index (κ2) is 9.93. The molecule has 0 atom stereocenters. The maximum absolute atomic E-state index is 11.6. The molecule has 150 valence electrons. The van der Waals surface area contributed by atoms with Crippen molar-refractivity contribution in [2.24, 2.45) is 0 Å². The van der Waals surface area contributed by atoms with E-state index in [4.69, 9.17) is 14.2 Å². The largest absolute Gasteiger partial charge is 0.497 e. The second-order valence-electron chi connectivity index (χ2n) is 5.94. The first kappa shape index (κ1) is 19.9. The number of carbonyl (C=O) groups excluding carboxylic acids is 1. The fourth-order valence-electron chi connectivity index (χ4n) is 2.53. The van der Waals surface area contributed by atoms with Crippen LogP contribution in [0.3, 0.4) is 0 Å². The summed E-state index contributed by atoms with van der Waals surface area (Å²) in [5.41, 5.74) is 1.18. The summed E-state index contributed by atoms with van der Waals surface area (Å²) in [5.74, 6) is 2.41. The van der Waals surface area contributed by atoms with Gasteiger partial charge in [0.1, 0.15) is 36.1 Å². The Morgan fingerprint density at radius 2 is 1.72 bits per heavy atom. The summed E-state index contributed by atoms with van der Waals surface area (Å²) < 4.78 is 15.5. The molecule has 8 nitrogen and oxygen atoms in total. The number of methoxy groups -OCH3 is 2. The fourth-order valence-corrected chi connectivity index (χ4v) is 2.53. The third-order valence-electron chi connectivity index (χ3n) is 3.96. The normalized spacial score (nSPS) is 10.1. The predicted molar refractivity (Wildman–Crippen MR) is 110 cm³/mol. The second-order valence-corrected chi connectivity index (χ2v) is 5.94. The van der Waals surface area contributed by atoms with Crippen LogP contribution in [0.2, 0.25) is 0 Å². The van der Waals surface area contributed by atoms with Crippen molar-refractivity contribution in [2.45, 2.75) is 0 Å². The monoisotopic (exact) mass is 394 g/mol. The molecule has 0 spiro atoms. The molecule has 0 unspecified atom stereocenters. The van der Waals surface area contributed by atoms with Gasteiger partial charge >= 0.3 is 5.97 Å². The van der Waals surface area contributed by atoms with Crippen molar-refractivity contribution in [3.8, 4) is 11.5 Å². The van der Waals surface area contributed by atoms with E-state index < -0.39 is 5.97 Å². The number of hydrogen-bond donors (Lipinski definition) is 2. The Kier molecular flexibility index (Phi) is 6.83. The molecule has 2 aromatic carbocycles.